The molecule has 0 radical (unpaired) electrons. The number of alkyl halides is 24. The fourth-order valence-corrected chi connectivity index (χ4v) is 3.29. The molecule has 1 aliphatic carbocycles. The van der Waals surface area contributed by atoms with E-state index in [1.54, 1.807) is 0 Å². The zero-order chi connectivity index (χ0) is 49.0. The third-order valence-electron chi connectivity index (χ3n) is 5.29. The summed E-state index contributed by atoms with van der Waals surface area (Å²) in [5.41, 5.74) is 0. The molecule has 1 fully saturated rings. The second-order valence-corrected chi connectivity index (χ2v) is 11.1. The van der Waals surface area contributed by atoms with E-state index in [2.05, 4.69) is 14.2 Å². The number of esters is 3. The fraction of sp³-hybridized carbons (Fsp3) is 0.750. The second-order valence-electron chi connectivity index (χ2n) is 10.3. The van der Waals surface area contributed by atoms with Crippen LogP contribution in [0.5, 0.6) is 0 Å². The summed E-state index contributed by atoms with van der Waals surface area (Å²) < 4.78 is 292. The Kier molecular flexibility index (Phi) is 22.6. The lowest BCUT2D eigenvalue weighted by Crippen LogP contribution is -2.47. The number of rotatable bonds is 8. The van der Waals surface area contributed by atoms with Crippen LogP contribution in [0.2, 0.25) is 0 Å². The molecule has 0 aromatic heterocycles. The topological polar surface area (TPSA) is 150 Å². The first-order valence-corrected chi connectivity index (χ1v) is 14.5. The van der Waals surface area contributed by atoms with Gasteiger partial charge in [-0.2, -0.15) is 105 Å². The smallest absolute Gasteiger partial charge is 0.434 e. The number of carbonyl (C=O) groups is 6. The SMILES string of the molecule is O=C(CC(=O)OC(C(F)(F)F)C(F)(F)F)OC(C(F)(F)F)C(F)(F)F.O=C(Cl)CC(=O)Cl.O=C1CCCC1C(=O)OC(C(F)(F)F)C(F)(F)F.OC(C(F)(F)F)C(F)(F)F. The van der Waals surface area contributed by atoms with Crippen LogP contribution in [0.25, 0.3) is 0 Å². The summed E-state index contributed by atoms with van der Waals surface area (Å²) in [6, 6.07) is 0. The molecule has 1 aliphatic rings. The van der Waals surface area contributed by atoms with Gasteiger partial charge >= 0.3 is 67.3 Å². The highest BCUT2D eigenvalue weighted by atomic mass is 35.5. The molecule has 1 unspecified atom stereocenters. The number of halogens is 26. The Morgan fingerprint density at radius 1 is 0.500 bits per heavy atom. The molecule has 0 amide bonds. The lowest BCUT2D eigenvalue weighted by Gasteiger charge is -2.24. The molecule has 0 aromatic carbocycles. The number of carbonyl (C=O) groups excluding carboxylic acids is 6. The van der Waals surface area contributed by atoms with Gasteiger partial charge in [-0.1, -0.05) is 0 Å². The Hall–Kier alpha value is -3.72. The highest BCUT2D eigenvalue weighted by Crippen LogP contribution is 2.39. The van der Waals surface area contributed by atoms with Crippen LogP contribution in [-0.4, -0.2) is 113 Å². The Balaban J connectivity index is -0.000000802. The van der Waals surface area contributed by atoms with Gasteiger partial charge in [0.25, 0.3) is 18.3 Å². The molecule has 10 nitrogen and oxygen atoms in total. The van der Waals surface area contributed by atoms with E-state index in [0.717, 1.165) is 0 Å². The van der Waals surface area contributed by atoms with Crippen molar-refractivity contribution in [1.29, 1.82) is 0 Å². The summed E-state index contributed by atoms with van der Waals surface area (Å²) in [5.74, 6) is -9.38. The second kappa shape index (κ2) is 22.4. The third kappa shape index (κ3) is 25.1. The maximum Gasteiger partial charge on any atom is 0.434 e. The van der Waals surface area contributed by atoms with Crippen molar-refractivity contribution in [1.82, 2.24) is 0 Å². The van der Waals surface area contributed by atoms with Crippen molar-refractivity contribution in [3.8, 4) is 0 Å². The van der Waals surface area contributed by atoms with Crippen molar-refractivity contribution in [2.45, 2.75) is 106 Å². The number of aliphatic hydroxyl groups excluding tert-OH is 1. The van der Waals surface area contributed by atoms with Crippen molar-refractivity contribution in [3.05, 3.63) is 0 Å². The van der Waals surface area contributed by atoms with Crippen LogP contribution in [0, 0.1) is 5.92 Å². The summed E-state index contributed by atoms with van der Waals surface area (Å²) in [6.45, 7) is 0. The Labute approximate surface area is 323 Å². The Morgan fingerprint density at radius 3 is 0.933 bits per heavy atom. The minimum Gasteiger partial charge on any atom is -0.442 e. The standard InChI is InChI=1S/C9H4F12O4.C9H8F6O3.C3H2Cl2O2.C3H2F6O/c10-6(11,12)4(7(13,14)15)24-2(22)1-3(23)25-5(8(16,17)18)9(19,20)21;10-8(11,12)7(9(13,14)15)18-6(17)4-2-1-3-5(4)16;4-2(6)1-3(5)7;4-2(5,6)1(10)3(7,8)9/h4-5H,1H2;4,7H,1-3H2;1H2;1,10H. The zero-order valence-corrected chi connectivity index (χ0v) is 28.9. The first-order valence-electron chi connectivity index (χ1n) is 13.8. The summed E-state index contributed by atoms with van der Waals surface area (Å²) in [7, 11) is 0. The quantitative estimate of drug-likeness (QED) is 0.0829. The monoisotopic (exact) mass is 990 g/mol. The van der Waals surface area contributed by atoms with Gasteiger partial charge in [-0.15, -0.1) is 0 Å². The van der Waals surface area contributed by atoms with Crippen molar-refractivity contribution < 1.29 is 153 Å². The van der Waals surface area contributed by atoms with Crippen LogP contribution in [0.1, 0.15) is 32.1 Å². The van der Waals surface area contributed by atoms with Crippen molar-refractivity contribution in [2.75, 3.05) is 0 Å². The maximum absolute atomic E-state index is 12.1. The maximum atomic E-state index is 12.1. The number of Topliss-reactive ketones (excluding diaryl/α,β-unsaturated/α-hetero) is 1. The van der Waals surface area contributed by atoms with E-state index in [-0.39, 0.29) is 25.7 Å². The molecule has 0 bridgehead atoms. The summed E-state index contributed by atoms with van der Waals surface area (Å²) in [4.78, 5) is 63.1. The van der Waals surface area contributed by atoms with Gasteiger partial charge in [0.1, 0.15) is 18.1 Å². The molecule has 1 N–H and O–H groups in total. The van der Waals surface area contributed by atoms with Crippen molar-refractivity contribution in [2.24, 2.45) is 5.92 Å². The summed E-state index contributed by atoms with van der Waals surface area (Å²) in [6.07, 6.45) is -68.1. The van der Waals surface area contributed by atoms with Crippen LogP contribution in [0.4, 0.5) is 105 Å². The molecular formula is C24H16Cl2F24O10. The molecule has 36 heteroatoms. The molecular weight excluding hydrogens is 975 g/mol. The van der Waals surface area contributed by atoms with Gasteiger partial charge in [0.15, 0.2) is 0 Å². The summed E-state index contributed by atoms with van der Waals surface area (Å²) in [5, 5.41) is 6.03. The van der Waals surface area contributed by atoms with Gasteiger partial charge in [0, 0.05) is 6.42 Å². The van der Waals surface area contributed by atoms with Crippen LogP contribution in [0.3, 0.4) is 0 Å². The molecule has 354 valence electrons. The molecule has 60 heavy (non-hydrogen) atoms. The van der Waals surface area contributed by atoms with Crippen LogP contribution in [0.15, 0.2) is 0 Å². The highest BCUT2D eigenvalue weighted by molar-refractivity contribution is 6.72. The van der Waals surface area contributed by atoms with E-state index >= 15 is 0 Å². The van der Waals surface area contributed by atoms with Gasteiger partial charge < -0.3 is 19.3 Å². The normalized spacial score (nSPS) is 15.7. The number of ketones is 1. The van der Waals surface area contributed by atoms with Gasteiger partial charge in [-0.25, -0.2) is 0 Å². The fourth-order valence-electron chi connectivity index (χ4n) is 2.98. The lowest BCUT2D eigenvalue weighted by molar-refractivity contribution is -0.316. The molecule has 0 spiro atoms. The lowest BCUT2D eigenvalue weighted by atomic mass is 10.1. The van der Waals surface area contributed by atoms with E-state index in [1.807, 2.05) is 0 Å². The van der Waals surface area contributed by atoms with Crippen molar-refractivity contribution in [3.63, 3.8) is 0 Å². The largest absolute Gasteiger partial charge is 0.442 e. The molecule has 1 rings (SSSR count). The van der Waals surface area contributed by atoms with E-state index < -0.39 is 120 Å². The van der Waals surface area contributed by atoms with Gasteiger partial charge in [-0.3, -0.25) is 28.8 Å². The number of aliphatic hydroxyl groups is 1. The molecule has 0 aliphatic heterocycles. The minimum absolute atomic E-state index is 0.0392. The van der Waals surface area contributed by atoms with Gasteiger partial charge in [0.05, 0.1) is 6.42 Å². The molecule has 1 saturated carbocycles. The van der Waals surface area contributed by atoms with E-state index in [9.17, 15) is 134 Å². The number of hydrogen-bond acceptors (Lipinski definition) is 10. The Bertz CT molecular complexity index is 1330. The van der Waals surface area contributed by atoms with Crippen LogP contribution < -0.4 is 0 Å². The predicted octanol–water partition coefficient (Wildman–Crippen LogP) is 8.22. The van der Waals surface area contributed by atoms with Gasteiger partial charge in [0.2, 0.25) is 16.6 Å². The Morgan fingerprint density at radius 2 is 0.767 bits per heavy atom. The average Bonchev–Trinajstić information content (AvgIpc) is 3.38. The van der Waals surface area contributed by atoms with Crippen molar-refractivity contribution >= 4 is 57.4 Å². The minimum atomic E-state index is -6.20. The average molecular weight is 991 g/mol. The highest BCUT2D eigenvalue weighted by Gasteiger charge is 2.62. The van der Waals surface area contributed by atoms with E-state index in [0.29, 0.717) is 0 Å². The first kappa shape index (κ1) is 60.6. The van der Waals surface area contributed by atoms with E-state index in [4.69, 9.17) is 28.3 Å². The first-order chi connectivity index (χ1) is 26.1. The van der Waals surface area contributed by atoms with Gasteiger partial charge in [-0.05, 0) is 36.0 Å². The van der Waals surface area contributed by atoms with Crippen LogP contribution >= 0.6 is 23.2 Å². The molecule has 0 saturated heterocycles. The van der Waals surface area contributed by atoms with Crippen LogP contribution in [-0.2, 0) is 43.0 Å². The van der Waals surface area contributed by atoms with E-state index in [1.165, 1.54) is 0 Å². The summed E-state index contributed by atoms with van der Waals surface area (Å²) >= 11 is 9.46. The predicted molar refractivity (Wildman–Crippen MR) is 137 cm³/mol. The zero-order valence-electron chi connectivity index (χ0n) is 27.4. The molecule has 1 atom stereocenters. The molecule has 0 heterocycles. The number of ether oxygens (including phenoxy) is 3. The number of hydrogen-bond donors (Lipinski definition) is 1. The third-order valence-corrected chi connectivity index (χ3v) is 5.56. The molecule has 0 aromatic rings.